The Kier molecular flexibility index (Phi) is 5.84. The summed E-state index contributed by atoms with van der Waals surface area (Å²) in [6, 6.07) is 6.41. The number of benzene rings is 1. The minimum absolute atomic E-state index is 0.0117. The zero-order valence-corrected chi connectivity index (χ0v) is 17.2. The van der Waals surface area contributed by atoms with E-state index in [9.17, 15) is 18.0 Å². The number of thioether (sulfide) groups is 1. The maximum Gasteiger partial charge on any atom is 0.282 e. The third-order valence-corrected chi connectivity index (χ3v) is 7.34. The number of aromatic nitrogens is 1. The Labute approximate surface area is 165 Å². The van der Waals surface area contributed by atoms with Gasteiger partial charge in [0.2, 0.25) is 15.9 Å². The number of nitrogens with zero attached hydrogens (tertiary/aromatic N) is 3. The number of sulfonamides is 1. The fourth-order valence-electron chi connectivity index (χ4n) is 2.37. The molecule has 1 fully saturated rings. The zero-order valence-electron chi connectivity index (χ0n) is 14.7. The van der Waals surface area contributed by atoms with E-state index in [1.54, 1.807) is 17.5 Å². The Balaban J connectivity index is 1.67. The van der Waals surface area contributed by atoms with E-state index in [4.69, 9.17) is 0 Å². The van der Waals surface area contributed by atoms with E-state index in [1.807, 2.05) is 0 Å². The van der Waals surface area contributed by atoms with Crippen molar-refractivity contribution in [3.8, 4) is 11.3 Å². The Hall–Kier alpha value is -1.95. The number of hydrogen-bond acceptors (Lipinski definition) is 7. The Morgan fingerprint density at radius 2 is 2.00 bits per heavy atom. The minimum atomic E-state index is -3.48. The smallest absolute Gasteiger partial charge is 0.282 e. The maximum absolute atomic E-state index is 12.1. The van der Waals surface area contributed by atoms with Crippen LogP contribution in [0.1, 0.15) is 0 Å². The van der Waals surface area contributed by atoms with Gasteiger partial charge in [-0.25, -0.2) is 17.7 Å². The summed E-state index contributed by atoms with van der Waals surface area (Å²) < 4.78 is 25.4. The molecule has 0 atom stereocenters. The molecule has 1 N–H and O–H groups in total. The van der Waals surface area contributed by atoms with E-state index >= 15 is 0 Å². The van der Waals surface area contributed by atoms with Gasteiger partial charge in [0, 0.05) is 37.3 Å². The first kappa shape index (κ1) is 19.8. The highest BCUT2D eigenvalue weighted by atomic mass is 32.2. The Morgan fingerprint density at radius 1 is 1.30 bits per heavy atom. The molecule has 11 heteroatoms. The van der Waals surface area contributed by atoms with Crippen molar-refractivity contribution < 1.29 is 18.0 Å². The molecule has 0 radical (unpaired) electrons. The molecule has 1 saturated heterocycles. The highest BCUT2D eigenvalue weighted by Crippen LogP contribution is 2.26. The molecular formula is C16H18N4O4S3. The number of carbonyl (C=O) groups excluding carboxylic acids is 2. The second-order valence-electron chi connectivity index (χ2n) is 5.93. The van der Waals surface area contributed by atoms with Crippen molar-refractivity contribution in [2.75, 3.05) is 38.3 Å². The highest BCUT2D eigenvalue weighted by Gasteiger charge is 2.23. The molecule has 1 aliphatic rings. The van der Waals surface area contributed by atoms with Gasteiger partial charge in [-0.2, -0.15) is 0 Å². The fourth-order valence-corrected chi connectivity index (χ4v) is 4.84. The molecule has 0 aliphatic carbocycles. The van der Waals surface area contributed by atoms with Gasteiger partial charge < -0.3 is 10.2 Å². The third kappa shape index (κ3) is 4.49. The van der Waals surface area contributed by atoms with Crippen molar-refractivity contribution in [1.82, 2.24) is 14.2 Å². The van der Waals surface area contributed by atoms with Crippen molar-refractivity contribution in [1.29, 1.82) is 0 Å². The van der Waals surface area contributed by atoms with Crippen LogP contribution >= 0.6 is 23.1 Å². The number of thiazole rings is 1. The molecule has 1 aliphatic heterocycles. The number of carbonyl (C=O) groups is 2. The first-order valence-corrected chi connectivity index (χ1v) is 11.3. The molecule has 1 aromatic carbocycles. The van der Waals surface area contributed by atoms with Crippen LogP contribution in [0.3, 0.4) is 0 Å². The number of anilines is 1. The summed E-state index contributed by atoms with van der Waals surface area (Å²) in [5.74, 6) is 0.409. The molecule has 0 spiro atoms. The maximum atomic E-state index is 12.1. The molecule has 2 aromatic rings. The van der Waals surface area contributed by atoms with Crippen LogP contribution in [0.25, 0.3) is 11.3 Å². The van der Waals surface area contributed by atoms with E-state index in [0.29, 0.717) is 23.1 Å². The second-order valence-corrected chi connectivity index (χ2v) is 9.99. The second kappa shape index (κ2) is 7.97. The number of rotatable bonds is 6. The molecule has 3 rings (SSSR count). The van der Waals surface area contributed by atoms with Crippen molar-refractivity contribution in [3.63, 3.8) is 0 Å². The Bertz CT molecular complexity index is 954. The summed E-state index contributed by atoms with van der Waals surface area (Å²) >= 11 is 2.48. The molecule has 1 aromatic heterocycles. The lowest BCUT2D eigenvalue weighted by Crippen LogP contribution is -2.33. The van der Waals surface area contributed by atoms with Gasteiger partial charge >= 0.3 is 0 Å². The van der Waals surface area contributed by atoms with Crippen molar-refractivity contribution in [2.24, 2.45) is 0 Å². The van der Waals surface area contributed by atoms with Gasteiger partial charge in [0.05, 0.1) is 10.6 Å². The lowest BCUT2D eigenvalue weighted by Gasteiger charge is -2.12. The van der Waals surface area contributed by atoms with Gasteiger partial charge in [-0.1, -0.05) is 23.9 Å². The molecule has 2 heterocycles. The lowest BCUT2D eigenvalue weighted by atomic mass is 10.2. The first-order valence-electron chi connectivity index (χ1n) is 7.97. The van der Waals surface area contributed by atoms with Crippen molar-refractivity contribution in [2.45, 2.75) is 4.90 Å². The predicted octanol–water partition coefficient (Wildman–Crippen LogP) is 2.17. The average Bonchev–Trinajstić information content (AvgIpc) is 3.24. The number of hydrogen-bond donors (Lipinski definition) is 1. The van der Waals surface area contributed by atoms with Gasteiger partial charge in [-0.05, 0) is 12.1 Å². The summed E-state index contributed by atoms with van der Waals surface area (Å²) in [7, 11) is -0.520. The van der Waals surface area contributed by atoms with Crippen LogP contribution in [-0.4, -0.2) is 66.7 Å². The van der Waals surface area contributed by atoms with Crippen LogP contribution in [0.5, 0.6) is 0 Å². The van der Waals surface area contributed by atoms with E-state index in [0.717, 1.165) is 9.87 Å². The van der Waals surface area contributed by atoms with Crippen molar-refractivity contribution >= 4 is 49.4 Å². The largest absolute Gasteiger partial charge is 0.323 e. The lowest BCUT2D eigenvalue weighted by molar-refractivity contribution is -0.116. The summed E-state index contributed by atoms with van der Waals surface area (Å²) in [6.07, 6.45) is 0. The van der Waals surface area contributed by atoms with Gasteiger partial charge in [0.15, 0.2) is 5.13 Å². The van der Waals surface area contributed by atoms with Crippen LogP contribution in [-0.2, 0) is 14.8 Å². The van der Waals surface area contributed by atoms with Crippen LogP contribution in [0, 0.1) is 0 Å². The van der Waals surface area contributed by atoms with Gasteiger partial charge in [0.25, 0.3) is 5.24 Å². The fraction of sp³-hybridized carbons (Fsp3) is 0.312. The van der Waals surface area contributed by atoms with Gasteiger partial charge in [0.1, 0.15) is 6.54 Å². The van der Waals surface area contributed by atoms with E-state index in [2.05, 4.69) is 10.3 Å². The summed E-state index contributed by atoms with van der Waals surface area (Å²) in [6.45, 7) is 0.583. The summed E-state index contributed by atoms with van der Waals surface area (Å²) in [4.78, 5) is 29.7. The summed E-state index contributed by atoms with van der Waals surface area (Å²) in [5.41, 5.74) is 1.38. The standard InChI is InChI=1S/C16H18N4O4S3/c1-19(2)27(23,24)12-5-3-11(4-6-12)13-10-26-15(17-13)18-14(21)9-20-7-8-25-16(20)22/h3-6,10H,7-9H2,1-2H3,(H,17,18,21). The van der Waals surface area contributed by atoms with Crippen LogP contribution in [0.4, 0.5) is 9.93 Å². The van der Waals surface area contributed by atoms with Crippen LogP contribution < -0.4 is 5.32 Å². The monoisotopic (exact) mass is 426 g/mol. The zero-order chi connectivity index (χ0) is 19.6. The van der Waals surface area contributed by atoms with Gasteiger partial charge in [-0.15, -0.1) is 11.3 Å². The molecule has 0 saturated carbocycles. The third-order valence-electron chi connectivity index (χ3n) is 3.86. The normalized spacial score (nSPS) is 14.8. The van der Waals surface area contributed by atoms with Crippen LogP contribution in [0.15, 0.2) is 34.5 Å². The topological polar surface area (TPSA) is 99.7 Å². The Morgan fingerprint density at radius 3 is 2.59 bits per heavy atom. The molecule has 144 valence electrons. The quantitative estimate of drug-likeness (QED) is 0.760. The van der Waals surface area contributed by atoms with Crippen LogP contribution in [0.2, 0.25) is 0 Å². The minimum Gasteiger partial charge on any atom is -0.323 e. The predicted molar refractivity (Wildman–Crippen MR) is 106 cm³/mol. The summed E-state index contributed by atoms with van der Waals surface area (Å²) in [5, 5.41) is 4.82. The highest BCUT2D eigenvalue weighted by molar-refractivity contribution is 8.13. The first-order chi connectivity index (χ1) is 12.8. The SMILES string of the molecule is CN(C)S(=O)(=O)c1ccc(-c2csc(NC(=O)CN3CCSC3=O)n2)cc1. The van der Waals surface area contributed by atoms with Gasteiger partial charge in [-0.3, -0.25) is 9.59 Å². The number of nitrogens with one attached hydrogen (secondary N) is 1. The molecule has 27 heavy (non-hydrogen) atoms. The van der Waals surface area contributed by atoms with E-state index < -0.39 is 10.0 Å². The van der Waals surface area contributed by atoms with E-state index in [1.165, 1.54) is 54.2 Å². The van der Waals surface area contributed by atoms with E-state index in [-0.39, 0.29) is 22.6 Å². The molecule has 2 amide bonds. The molecule has 8 nitrogen and oxygen atoms in total. The number of amides is 2. The molecule has 0 unspecified atom stereocenters. The van der Waals surface area contributed by atoms with Crippen molar-refractivity contribution in [3.05, 3.63) is 29.6 Å². The molecule has 0 bridgehead atoms. The molecular weight excluding hydrogens is 408 g/mol. The average molecular weight is 427 g/mol.